The highest BCUT2D eigenvalue weighted by molar-refractivity contribution is 7.89. The first-order valence-corrected chi connectivity index (χ1v) is 12.1. The quantitative estimate of drug-likeness (QED) is 0.661. The van der Waals surface area contributed by atoms with Gasteiger partial charge in [-0.25, -0.2) is 18.0 Å². The zero-order chi connectivity index (χ0) is 21.7. The Morgan fingerprint density at radius 1 is 1.03 bits per heavy atom. The molecule has 3 rings (SSSR count). The van der Waals surface area contributed by atoms with E-state index in [9.17, 15) is 18.0 Å². The van der Waals surface area contributed by atoms with Gasteiger partial charge in [0.2, 0.25) is 10.0 Å². The molecular formula is C20H28ClN3O5S. The van der Waals surface area contributed by atoms with E-state index in [1.54, 1.807) is 0 Å². The third-order valence-electron chi connectivity index (χ3n) is 5.70. The third-order valence-corrected chi connectivity index (χ3v) is 8.08. The Bertz CT molecular complexity index is 878. The fourth-order valence-electron chi connectivity index (χ4n) is 3.99. The molecule has 1 heterocycles. The highest BCUT2D eigenvalue weighted by Gasteiger charge is 2.32. The van der Waals surface area contributed by atoms with Crippen molar-refractivity contribution in [2.45, 2.75) is 61.9 Å². The first-order valence-electron chi connectivity index (χ1n) is 10.3. The maximum Gasteiger partial charge on any atom is 0.337 e. The van der Waals surface area contributed by atoms with Crippen molar-refractivity contribution in [2.24, 2.45) is 0 Å². The zero-order valence-corrected chi connectivity index (χ0v) is 18.6. The fourth-order valence-corrected chi connectivity index (χ4v) is 5.98. The van der Waals surface area contributed by atoms with Gasteiger partial charge in [-0.1, -0.05) is 30.9 Å². The first-order chi connectivity index (χ1) is 14.3. The van der Waals surface area contributed by atoms with E-state index in [2.05, 4.69) is 15.4 Å². The molecule has 1 aliphatic carbocycles. The molecule has 1 aromatic rings. The maximum absolute atomic E-state index is 13.0. The van der Waals surface area contributed by atoms with Crippen LogP contribution in [0.5, 0.6) is 0 Å². The lowest BCUT2D eigenvalue weighted by atomic mass is 9.96. The molecule has 1 saturated heterocycles. The Morgan fingerprint density at radius 2 is 1.63 bits per heavy atom. The summed E-state index contributed by atoms with van der Waals surface area (Å²) in [4.78, 5) is 23.8. The summed E-state index contributed by atoms with van der Waals surface area (Å²) in [7, 11) is -2.55. The van der Waals surface area contributed by atoms with E-state index in [0.29, 0.717) is 12.8 Å². The summed E-state index contributed by atoms with van der Waals surface area (Å²) in [5, 5.41) is 5.97. The van der Waals surface area contributed by atoms with E-state index in [1.165, 1.54) is 36.0 Å². The van der Waals surface area contributed by atoms with E-state index in [1.807, 2.05) is 0 Å². The van der Waals surface area contributed by atoms with Gasteiger partial charge in [-0.15, -0.1) is 0 Å². The van der Waals surface area contributed by atoms with Crippen LogP contribution >= 0.6 is 11.6 Å². The van der Waals surface area contributed by atoms with Crippen molar-refractivity contribution in [3.05, 3.63) is 28.8 Å². The summed E-state index contributed by atoms with van der Waals surface area (Å²) >= 11 is 6.15. The number of sulfonamides is 1. The molecule has 2 aliphatic rings. The topological polar surface area (TPSA) is 105 Å². The van der Waals surface area contributed by atoms with Crippen LogP contribution in [0.1, 0.15) is 55.3 Å². The van der Waals surface area contributed by atoms with Gasteiger partial charge in [0.1, 0.15) is 4.90 Å². The highest BCUT2D eigenvalue weighted by atomic mass is 35.5. The summed E-state index contributed by atoms with van der Waals surface area (Å²) in [6.07, 6.45) is 6.58. The average molecular weight is 458 g/mol. The molecule has 0 radical (unpaired) electrons. The number of hydrogen-bond acceptors (Lipinski definition) is 5. The molecule has 10 heteroatoms. The summed E-state index contributed by atoms with van der Waals surface area (Å²) in [6.45, 7) is 0.567. The van der Waals surface area contributed by atoms with Gasteiger partial charge in [0.25, 0.3) is 0 Å². The zero-order valence-electron chi connectivity index (χ0n) is 17.0. The van der Waals surface area contributed by atoms with Crippen molar-refractivity contribution in [1.82, 2.24) is 14.9 Å². The second-order valence-electron chi connectivity index (χ2n) is 7.77. The molecule has 1 aromatic carbocycles. The van der Waals surface area contributed by atoms with Crippen LogP contribution in [0.3, 0.4) is 0 Å². The fraction of sp³-hybridized carbons (Fsp3) is 0.600. The van der Waals surface area contributed by atoms with Crippen molar-refractivity contribution in [3.8, 4) is 0 Å². The molecule has 1 aliphatic heterocycles. The smallest absolute Gasteiger partial charge is 0.337 e. The van der Waals surface area contributed by atoms with Crippen molar-refractivity contribution in [3.63, 3.8) is 0 Å². The largest absolute Gasteiger partial charge is 0.465 e. The van der Waals surface area contributed by atoms with Crippen LogP contribution in [-0.2, 0) is 14.8 Å². The van der Waals surface area contributed by atoms with Crippen LogP contribution in [0.15, 0.2) is 23.1 Å². The number of rotatable bonds is 5. The monoisotopic (exact) mass is 457 g/mol. The van der Waals surface area contributed by atoms with E-state index >= 15 is 0 Å². The van der Waals surface area contributed by atoms with Crippen molar-refractivity contribution in [2.75, 3.05) is 20.2 Å². The molecule has 2 amide bonds. The number of esters is 1. The van der Waals surface area contributed by atoms with E-state index < -0.39 is 16.0 Å². The Balaban J connectivity index is 1.56. The number of nitrogens with zero attached hydrogens (tertiary/aromatic N) is 1. The predicted octanol–water partition coefficient (Wildman–Crippen LogP) is 2.91. The van der Waals surface area contributed by atoms with Crippen LogP contribution in [0.25, 0.3) is 0 Å². The minimum absolute atomic E-state index is 0.0231. The second-order valence-corrected chi connectivity index (χ2v) is 10.1. The molecule has 0 atom stereocenters. The molecule has 1 saturated carbocycles. The summed E-state index contributed by atoms with van der Waals surface area (Å²) in [5.74, 6) is -0.584. The van der Waals surface area contributed by atoms with Crippen molar-refractivity contribution >= 4 is 33.6 Å². The number of halogens is 1. The van der Waals surface area contributed by atoms with Gasteiger partial charge in [0.15, 0.2) is 0 Å². The van der Waals surface area contributed by atoms with Crippen LogP contribution in [0, 0.1) is 0 Å². The molecule has 0 bridgehead atoms. The second kappa shape index (κ2) is 9.98. The molecule has 0 spiro atoms. The Kier molecular flexibility index (Phi) is 7.60. The average Bonchev–Trinajstić information content (AvgIpc) is 2.74. The number of ether oxygens (including phenoxy) is 1. The lowest BCUT2D eigenvalue weighted by molar-refractivity contribution is 0.0600. The van der Waals surface area contributed by atoms with Crippen molar-refractivity contribution in [1.29, 1.82) is 0 Å². The van der Waals surface area contributed by atoms with Gasteiger partial charge < -0.3 is 15.4 Å². The van der Waals surface area contributed by atoms with E-state index in [-0.39, 0.29) is 46.7 Å². The lowest BCUT2D eigenvalue weighted by Crippen LogP contribution is -2.51. The molecule has 166 valence electrons. The number of methoxy groups -OCH3 is 1. The van der Waals surface area contributed by atoms with Gasteiger partial charge in [0, 0.05) is 25.2 Å². The predicted molar refractivity (Wildman–Crippen MR) is 113 cm³/mol. The SMILES string of the molecule is COC(=O)c1ccc(S(=O)(=O)N2CCC(NC(=O)NC3CCCCC3)CC2)c(Cl)c1. The Hall–Kier alpha value is -1.84. The normalized spacial score (nSPS) is 19.3. The molecule has 0 aromatic heterocycles. The molecule has 8 nitrogen and oxygen atoms in total. The van der Waals surface area contributed by atoms with Gasteiger partial charge in [-0.2, -0.15) is 4.31 Å². The first kappa shape index (κ1) is 22.8. The maximum atomic E-state index is 13.0. The number of urea groups is 1. The Labute approximate surface area is 182 Å². The van der Waals surface area contributed by atoms with Crippen LogP contribution < -0.4 is 10.6 Å². The van der Waals surface area contributed by atoms with Gasteiger partial charge in [0.05, 0.1) is 17.7 Å². The molecule has 30 heavy (non-hydrogen) atoms. The highest BCUT2D eigenvalue weighted by Crippen LogP contribution is 2.28. The molecule has 0 unspecified atom stereocenters. The van der Waals surface area contributed by atoms with Crippen molar-refractivity contribution < 1.29 is 22.7 Å². The molecular weight excluding hydrogens is 430 g/mol. The number of carbonyl (C=O) groups is 2. The van der Waals surface area contributed by atoms with Crippen LogP contribution in [0.4, 0.5) is 4.79 Å². The third kappa shape index (κ3) is 5.44. The van der Waals surface area contributed by atoms with Crippen LogP contribution in [0.2, 0.25) is 5.02 Å². The van der Waals surface area contributed by atoms with E-state index in [0.717, 1.165) is 25.7 Å². The minimum atomic E-state index is -3.80. The number of benzene rings is 1. The van der Waals surface area contributed by atoms with Gasteiger partial charge in [-0.3, -0.25) is 0 Å². The Morgan fingerprint density at radius 3 is 2.20 bits per heavy atom. The van der Waals surface area contributed by atoms with E-state index in [4.69, 9.17) is 11.6 Å². The molecule has 2 N–H and O–H groups in total. The summed E-state index contributed by atoms with van der Waals surface area (Å²) in [5.41, 5.74) is 0.188. The number of hydrogen-bond donors (Lipinski definition) is 2. The molecule has 2 fully saturated rings. The number of piperidine rings is 1. The van der Waals surface area contributed by atoms with Crippen LogP contribution in [-0.4, -0.2) is 57.0 Å². The minimum Gasteiger partial charge on any atom is -0.465 e. The summed E-state index contributed by atoms with van der Waals surface area (Å²) < 4.78 is 31.9. The lowest BCUT2D eigenvalue weighted by Gasteiger charge is -2.32. The van der Waals surface area contributed by atoms with Gasteiger partial charge >= 0.3 is 12.0 Å². The standard InChI is InChI=1S/C20H28ClN3O5S/c1-29-19(25)14-7-8-18(17(21)13-14)30(27,28)24-11-9-16(10-12-24)23-20(26)22-15-5-3-2-4-6-15/h7-8,13,15-16H,2-6,9-12H2,1H3,(H2,22,23,26). The number of amides is 2. The van der Waals surface area contributed by atoms with Gasteiger partial charge in [-0.05, 0) is 43.9 Å². The summed E-state index contributed by atoms with van der Waals surface area (Å²) in [6, 6.07) is 3.99. The number of nitrogens with one attached hydrogen (secondary N) is 2. The number of carbonyl (C=O) groups excluding carboxylic acids is 2.